The fourth-order valence-electron chi connectivity index (χ4n) is 2.85. The summed E-state index contributed by atoms with van der Waals surface area (Å²) in [6.07, 6.45) is 4.46. The molecule has 0 bridgehead atoms. The molecule has 0 atom stereocenters. The molecule has 0 aromatic heterocycles. The number of carbonyl (C=O) groups excluding carboxylic acids is 2. The second-order valence-corrected chi connectivity index (χ2v) is 7.85. The van der Waals surface area contributed by atoms with Crippen molar-refractivity contribution >= 4 is 46.3 Å². The average molecular weight is 440 g/mol. The first-order valence-electron chi connectivity index (χ1n) is 9.07. The number of amides is 1. The first-order chi connectivity index (χ1) is 13.9. The Hall–Kier alpha value is -2.26. The molecule has 0 saturated carbocycles. The molecule has 0 N–H and O–H groups in total. The molecule has 7 nitrogen and oxygen atoms in total. The fraction of sp³-hybridized carbons (Fsp3) is 0.450. The summed E-state index contributed by atoms with van der Waals surface area (Å²) in [6.45, 7) is 0.526. The van der Waals surface area contributed by atoms with E-state index in [9.17, 15) is 9.59 Å². The maximum absolute atomic E-state index is 12.8. The number of nitrogens with zero attached hydrogens (tertiary/aromatic N) is 1. The van der Waals surface area contributed by atoms with Gasteiger partial charge < -0.3 is 18.9 Å². The van der Waals surface area contributed by atoms with Crippen LogP contribution in [-0.2, 0) is 14.3 Å². The van der Waals surface area contributed by atoms with E-state index in [-0.39, 0.29) is 11.9 Å². The Morgan fingerprint density at radius 1 is 1.07 bits per heavy atom. The Bertz CT molecular complexity index is 783. The molecule has 1 aromatic carbocycles. The van der Waals surface area contributed by atoms with Crippen molar-refractivity contribution in [2.45, 2.75) is 25.7 Å². The van der Waals surface area contributed by atoms with Gasteiger partial charge in [0.15, 0.2) is 11.5 Å². The highest BCUT2D eigenvalue weighted by Crippen LogP contribution is 2.40. The van der Waals surface area contributed by atoms with E-state index in [0.717, 1.165) is 24.8 Å². The molecule has 0 aliphatic carbocycles. The van der Waals surface area contributed by atoms with Gasteiger partial charge in [-0.25, -0.2) is 0 Å². The van der Waals surface area contributed by atoms with Crippen LogP contribution in [0.15, 0.2) is 17.0 Å². The van der Waals surface area contributed by atoms with Crippen LogP contribution in [0.5, 0.6) is 17.2 Å². The molecule has 1 amide bonds. The van der Waals surface area contributed by atoms with E-state index < -0.39 is 0 Å². The summed E-state index contributed by atoms with van der Waals surface area (Å²) in [5, 5.41) is 0. The molecular formula is C20H25NO6S2. The van der Waals surface area contributed by atoms with E-state index in [1.54, 1.807) is 37.3 Å². The van der Waals surface area contributed by atoms with Gasteiger partial charge in [-0.3, -0.25) is 14.5 Å². The molecule has 9 heteroatoms. The van der Waals surface area contributed by atoms with Crippen molar-refractivity contribution in [1.82, 2.24) is 4.90 Å². The Kier molecular flexibility index (Phi) is 8.78. The lowest BCUT2D eigenvalue weighted by Crippen LogP contribution is -2.29. The minimum atomic E-state index is -0.219. The zero-order valence-electron chi connectivity index (χ0n) is 17.0. The third kappa shape index (κ3) is 5.86. The van der Waals surface area contributed by atoms with Gasteiger partial charge in [-0.15, -0.1) is 0 Å². The van der Waals surface area contributed by atoms with E-state index >= 15 is 0 Å². The Morgan fingerprint density at radius 3 is 2.28 bits per heavy atom. The van der Waals surface area contributed by atoms with Crippen molar-refractivity contribution in [3.05, 3.63) is 22.6 Å². The number of thioether (sulfide) groups is 1. The van der Waals surface area contributed by atoms with Crippen LogP contribution in [0.4, 0.5) is 0 Å². The molecule has 2 rings (SSSR count). The number of ether oxygens (including phenoxy) is 4. The topological polar surface area (TPSA) is 74.3 Å². The number of thiocarbonyl (C=S) groups is 1. The van der Waals surface area contributed by atoms with Crippen LogP contribution in [0, 0.1) is 0 Å². The van der Waals surface area contributed by atoms with Gasteiger partial charge in [-0.1, -0.05) is 30.4 Å². The Balaban J connectivity index is 2.07. The van der Waals surface area contributed by atoms with Crippen molar-refractivity contribution < 1.29 is 28.5 Å². The van der Waals surface area contributed by atoms with Crippen molar-refractivity contribution in [3.63, 3.8) is 0 Å². The summed E-state index contributed by atoms with van der Waals surface area (Å²) in [5.41, 5.74) is 0.748. The van der Waals surface area contributed by atoms with Crippen LogP contribution in [0.1, 0.15) is 31.2 Å². The molecular weight excluding hydrogens is 414 g/mol. The highest BCUT2D eigenvalue weighted by atomic mass is 32.2. The second-order valence-electron chi connectivity index (χ2n) is 6.18. The highest BCUT2D eigenvalue weighted by molar-refractivity contribution is 8.26. The Morgan fingerprint density at radius 2 is 1.72 bits per heavy atom. The number of unbranched alkanes of at least 4 members (excludes halogenated alkanes) is 2. The summed E-state index contributed by atoms with van der Waals surface area (Å²) in [7, 11) is 6.00. The molecule has 29 heavy (non-hydrogen) atoms. The standard InChI is InChI=1S/C20H25NO6S2/c1-24-14-10-13(11-15(25-2)18(14)27-4)12-16-19(23)21(20(28)29-16)9-7-5-6-8-17(22)26-3/h10-12H,5-9H2,1-4H3/b16-12-. The van der Waals surface area contributed by atoms with Crippen LogP contribution >= 0.6 is 24.0 Å². The molecule has 1 heterocycles. The van der Waals surface area contributed by atoms with E-state index in [2.05, 4.69) is 4.74 Å². The molecule has 1 saturated heterocycles. The van der Waals surface area contributed by atoms with Crippen LogP contribution in [0.25, 0.3) is 6.08 Å². The predicted octanol–water partition coefficient (Wildman–Crippen LogP) is 3.65. The molecule has 0 unspecified atom stereocenters. The first-order valence-corrected chi connectivity index (χ1v) is 10.3. The number of benzene rings is 1. The normalized spacial score (nSPS) is 15.0. The maximum Gasteiger partial charge on any atom is 0.305 e. The van der Waals surface area contributed by atoms with E-state index in [0.29, 0.717) is 39.4 Å². The molecule has 1 aliphatic rings. The third-order valence-corrected chi connectivity index (χ3v) is 5.73. The number of carbonyl (C=O) groups is 2. The lowest BCUT2D eigenvalue weighted by molar-refractivity contribution is -0.140. The van der Waals surface area contributed by atoms with Crippen LogP contribution in [0.2, 0.25) is 0 Å². The minimum Gasteiger partial charge on any atom is -0.493 e. The van der Waals surface area contributed by atoms with Gasteiger partial charge in [0.05, 0.1) is 33.3 Å². The van der Waals surface area contributed by atoms with Crippen molar-refractivity contribution in [1.29, 1.82) is 0 Å². The van der Waals surface area contributed by atoms with Gasteiger partial charge in [-0.05, 0) is 36.6 Å². The monoisotopic (exact) mass is 439 g/mol. The smallest absolute Gasteiger partial charge is 0.305 e. The van der Waals surface area contributed by atoms with E-state index in [1.807, 2.05) is 0 Å². The van der Waals surface area contributed by atoms with E-state index in [1.165, 1.54) is 26.0 Å². The zero-order chi connectivity index (χ0) is 21.4. The summed E-state index contributed by atoms with van der Waals surface area (Å²) in [5.74, 6) is 1.18. The average Bonchev–Trinajstić information content (AvgIpc) is 2.99. The minimum absolute atomic E-state index is 0.123. The van der Waals surface area contributed by atoms with Gasteiger partial charge in [-0.2, -0.15) is 0 Å². The number of esters is 1. The van der Waals surface area contributed by atoms with Gasteiger partial charge in [0.2, 0.25) is 5.75 Å². The fourth-order valence-corrected chi connectivity index (χ4v) is 4.16. The maximum atomic E-state index is 12.8. The largest absolute Gasteiger partial charge is 0.493 e. The van der Waals surface area contributed by atoms with Gasteiger partial charge >= 0.3 is 5.97 Å². The molecule has 1 aromatic rings. The van der Waals surface area contributed by atoms with Crippen molar-refractivity contribution in [2.75, 3.05) is 35.0 Å². The molecule has 0 spiro atoms. The number of rotatable bonds is 10. The van der Waals surface area contributed by atoms with Crippen LogP contribution in [-0.4, -0.2) is 56.1 Å². The van der Waals surface area contributed by atoms with Crippen molar-refractivity contribution in [3.8, 4) is 17.2 Å². The number of hydrogen-bond acceptors (Lipinski definition) is 8. The van der Waals surface area contributed by atoms with E-state index in [4.69, 9.17) is 26.4 Å². The predicted molar refractivity (Wildman–Crippen MR) is 116 cm³/mol. The quantitative estimate of drug-likeness (QED) is 0.237. The summed E-state index contributed by atoms with van der Waals surface area (Å²) >= 11 is 6.64. The second kappa shape index (κ2) is 11.1. The van der Waals surface area contributed by atoms with Crippen LogP contribution < -0.4 is 14.2 Å². The molecule has 158 valence electrons. The zero-order valence-corrected chi connectivity index (χ0v) is 18.6. The molecule has 1 aliphatic heterocycles. The highest BCUT2D eigenvalue weighted by Gasteiger charge is 2.31. The number of methoxy groups -OCH3 is 4. The first kappa shape index (κ1) is 23.0. The lowest BCUT2D eigenvalue weighted by Gasteiger charge is -2.14. The SMILES string of the molecule is COC(=O)CCCCCN1C(=O)/C(=C/c2cc(OC)c(OC)c(OC)c2)SC1=S. The Labute approximate surface area is 180 Å². The molecule has 0 radical (unpaired) electrons. The van der Waals surface area contributed by atoms with Gasteiger partial charge in [0, 0.05) is 13.0 Å². The third-order valence-electron chi connectivity index (χ3n) is 4.35. The number of hydrogen-bond donors (Lipinski definition) is 0. The summed E-state index contributed by atoms with van der Waals surface area (Å²) in [6, 6.07) is 3.56. The molecule has 1 fully saturated rings. The lowest BCUT2D eigenvalue weighted by atomic mass is 10.1. The van der Waals surface area contributed by atoms with Gasteiger partial charge in [0.25, 0.3) is 5.91 Å². The summed E-state index contributed by atoms with van der Waals surface area (Å²) in [4.78, 5) is 26.0. The summed E-state index contributed by atoms with van der Waals surface area (Å²) < 4.78 is 21.2. The van der Waals surface area contributed by atoms with Gasteiger partial charge in [0.1, 0.15) is 4.32 Å². The van der Waals surface area contributed by atoms with Crippen molar-refractivity contribution in [2.24, 2.45) is 0 Å². The van der Waals surface area contributed by atoms with Crippen LogP contribution in [0.3, 0.4) is 0 Å².